The van der Waals surface area contributed by atoms with E-state index in [4.69, 9.17) is 27.9 Å². The second kappa shape index (κ2) is 7.72. The Hall–Kier alpha value is -2.34. The van der Waals surface area contributed by atoms with E-state index in [0.717, 1.165) is 28.2 Å². The van der Waals surface area contributed by atoms with Crippen molar-refractivity contribution in [3.8, 4) is 5.75 Å². The molecule has 2 heterocycles. The van der Waals surface area contributed by atoms with Crippen molar-refractivity contribution in [2.24, 2.45) is 0 Å². The standard InChI is InChI=1S/C20H14Cl2N2O2S/c21-15-3-1-12(2-4-15)7-17-10-23-20(27-17)24-19(25)14-8-13-9-16(22)5-6-18(13)26-11-14/h1-6,8-10H,7,11H2,(H,23,24,25). The van der Waals surface area contributed by atoms with Crippen LogP contribution in [0.4, 0.5) is 5.13 Å². The topological polar surface area (TPSA) is 51.2 Å². The van der Waals surface area contributed by atoms with Gasteiger partial charge in [0.1, 0.15) is 12.4 Å². The average molecular weight is 417 g/mol. The number of benzene rings is 2. The molecule has 136 valence electrons. The van der Waals surface area contributed by atoms with Crippen molar-refractivity contribution < 1.29 is 9.53 Å². The van der Waals surface area contributed by atoms with Gasteiger partial charge in [-0.2, -0.15) is 0 Å². The SMILES string of the molecule is O=C(Nc1ncc(Cc2ccc(Cl)cc2)s1)C1=Cc2cc(Cl)ccc2OC1. The van der Waals surface area contributed by atoms with Gasteiger partial charge in [0.05, 0.1) is 5.57 Å². The molecule has 1 amide bonds. The van der Waals surface area contributed by atoms with Gasteiger partial charge in [0.15, 0.2) is 5.13 Å². The Kier molecular flexibility index (Phi) is 5.16. The molecular weight excluding hydrogens is 403 g/mol. The predicted molar refractivity (Wildman–Crippen MR) is 110 cm³/mol. The first-order chi connectivity index (χ1) is 13.1. The lowest BCUT2D eigenvalue weighted by Gasteiger charge is -2.17. The Morgan fingerprint density at radius 3 is 2.74 bits per heavy atom. The normalized spacial score (nSPS) is 12.7. The molecule has 0 saturated heterocycles. The number of nitrogens with one attached hydrogen (secondary N) is 1. The number of carbonyl (C=O) groups is 1. The van der Waals surface area contributed by atoms with Crippen molar-refractivity contribution in [3.05, 3.63) is 80.3 Å². The van der Waals surface area contributed by atoms with Gasteiger partial charge in [-0.1, -0.05) is 35.3 Å². The highest BCUT2D eigenvalue weighted by atomic mass is 35.5. The minimum absolute atomic E-state index is 0.212. The van der Waals surface area contributed by atoms with E-state index in [1.54, 1.807) is 30.5 Å². The van der Waals surface area contributed by atoms with Gasteiger partial charge < -0.3 is 4.74 Å². The van der Waals surface area contributed by atoms with Gasteiger partial charge >= 0.3 is 0 Å². The van der Waals surface area contributed by atoms with Crippen molar-refractivity contribution in [2.45, 2.75) is 6.42 Å². The van der Waals surface area contributed by atoms with Crippen molar-refractivity contribution in [3.63, 3.8) is 0 Å². The lowest BCUT2D eigenvalue weighted by Crippen LogP contribution is -2.21. The van der Waals surface area contributed by atoms with E-state index >= 15 is 0 Å². The average Bonchev–Trinajstić information content (AvgIpc) is 3.09. The molecule has 7 heteroatoms. The quantitative estimate of drug-likeness (QED) is 0.614. The van der Waals surface area contributed by atoms with Gasteiger partial charge in [-0.3, -0.25) is 10.1 Å². The molecule has 1 N–H and O–H groups in total. The molecule has 27 heavy (non-hydrogen) atoms. The van der Waals surface area contributed by atoms with Crippen LogP contribution < -0.4 is 10.1 Å². The van der Waals surface area contributed by atoms with E-state index in [9.17, 15) is 4.79 Å². The zero-order valence-electron chi connectivity index (χ0n) is 14.0. The smallest absolute Gasteiger partial charge is 0.256 e. The molecule has 0 unspecified atom stereocenters. The molecule has 4 rings (SSSR count). The highest BCUT2D eigenvalue weighted by Gasteiger charge is 2.18. The number of carbonyl (C=O) groups excluding carboxylic acids is 1. The summed E-state index contributed by atoms with van der Waals surface area (Å²) in [5.41, 5.74) is 2.46. The Morgan fingerprint density at radius 2 is 1.93 bits per heavy atom. The maximum absolute atomic E-state index is 12.5. The lowest BCUT2D eigenvalue weighted by atomic mass is 10.1. The van der Waals surface area contributed by atoms with E-state index in [1.807, 2.05) is 24.3 Å². The first-order valence-electron chi connectivity index (χ1n) is 8.20. The van der Waals surface area contributed by atoms with Crippen LogP contribution in [-0.2, 0) is 11.2 Å². The molecule has 1 aliphatic heterocycles. The van der Waals surface area contributed by atoms with Gasteiger partial charge in [0.25, 0.3) is 5.91 Å². The fourth-order valence-electron chi connectivity index (χ4n) is 2.71. The van der Waals surface area contributed by atoms with Crippen LogP contribution in [0.3, 0.4) is 0 Å². The van der Waals surface area contributed by atoms with E-state index < -0.39 is 0 Å². The number of fused-ring (bicyclic) bond motifs is 1. The van der Waals surface area contributed by atoms with Crippen LogP contribution in [0.2, 0.25) is 10.0 Å². The van der Waals surface area contributed by atoms with Crippen molar-refractivity contribution in [1.82, 2.24) is 4.98 Å². The zero-order chi connectivity index (χ0) is 18.8. The molecule has 1 aliphatic rings. The second-order valence-electron chi connectivity index (χ2n) is 6.03. The number of halogens is 2. The summed E-state index contributed by atoms with van der Waals surface area (Å²) in [7, 11) is 0. The van der Waals surface area contributed by atoms with Crippen molar-refractivity contribution >= 4 is 51.7 Å². The Morgan fingerprint density at radius 1 is 1.15 bits per heavy atom. The molecule has 2 aromatic carbocycles. The number of amides is 1. The summed E-state index contributed by atoms with van der Waals surface area (Å²) in [4.78, 5) is 17.9. The molecule has 4 nitrogen and oxygen atoms in total. The lowest BCUT2D eigenvalue weighted by molar-refractivity contribution is -0.113. The molecule has 0 fully saturated rings. The van der Waals surface area contributed by atoms with E-state index in [1.165, 1.54) is 11.3 Å². The number of nitrogens with zero attached hydrogens (tertiary/aromatic N) is 1. The second-order valence-corrected chi connectivity index (χ2v) is 8.02. The van der Waals surface area contributed by atoms with Crippen LogP contribution in [-0.4, -0.2) is 17.5 Å². The van der Waals surface area contributed by atoms with Gasteiger partial charge in [0.2, 0.25) is 0 Å². The molecular formula is C20H14Cl2N2O2S. The van der Waals surface area contributed by atoms with Crippen LogP contribution in [0.5, 0.6) is 5.75 Å². The molecule has 0 radical (unpaired) electrons. The number of aromatic nitrogens is 1. The predicted octanol–water partition coefficient (Wildman–Crippen LogP) is 5.46. The first kappa shape index (κ1) is 18.0. The van der Waals surface area contributed by atoms with Crippen molar-refractivity contribution in [1.29, 1.82) is 0 Å². The maximum Gasteiger partial charge on any atom is 0.256 e. The van der Waals surface area contributed by atoms with Gasteiger partial charge in [0, 0.05) is 33.1 Å². The minimum atomic E-state index is -0.229. The number of thiazole rings is 1. The van der Waals surface area contributed by atoms with Gasteiger partial charge in [-0.25, -0.2) is 4.98 Å². The first-order valence-corrected chi connectivity index (χ1v) is 9.77. The molecule has 3 aromatic rings. The summed E-state index contributed by atoms with van der Waals surface area (Å²) in [6, 6.07) is 13.0. The largest absolute Gasteiger partial charge is 0.488 e. The highest BCUT2D eigenvalue weighted by molar-refractivity contribution is 7.15. The summed E-state index contributed by atoms with van der Waals surface area (Å²) in [5, 5.41) is 4.70. The van der Waals surface area contributed by atoms with E-state index in [0.29, 0.717) is 20.7 Å². The fraction of sp³-hybridized carbons (Fsp3) is 0.100. The summed E-state index contributed by atoms with van der Waals surface area (Å²) in [6.45, 7) is 0.212. The molecule has 0 aliphatic carbocycles. The highest BCUT2D eigenvalue weighted by Crippen LogP contribution is 2.30. The summed E-state index contributed by atoms with van der Waals surface area (Å²) >= 11 is 13.4. The maximum atomic E-state index is 12.5. The Bertz CT molecular complexity index is 1030. The number of ether oxygens (including phenoxy) is 1. The van der Waals surface area contributed by atoms with Crippen LogP contribution in [0.1, 0.15) is 16.0 Å². The fourth-order valence-corrected chi connectivity index (χ4v) is 3.86. The monoisotopic (exact) mass is 416 g/mol. The molecule has 0 spiro atoms. The van der Waals surface area contributed by atoms with Gasteiger partial charge in [-0.05, 0) is 42.0 Å². The molecule has 1 aromatic heterocycles. The van der Waals surface area contributed by atoms with Gasteiger partial charge in [-0.15, -0.1) is 11.3 Å². The Balaban J connectivity index is 1.44. The summed E-state index contributed by atoms with van der Waals surface area (Å²) in [5.74, 6) is 0.489. The third-order valence-electron chi connectivity index (χ3n) is 4.04. The van der Waals surface area contributed by atoms with Crippen LogP contribution in [0, 0.1) is 0 Å². The third-order valence-corrected chi connectivity index (χ3v) is 5.44. The number of anilines is 1. The van der Waals surface area contributed by atoms with Crippen LogP contribution in [0.15, 0.2) is 54.2 Å². The minimum Gasteiger partial charge on any atom is -0.488 e. The van der Waals surface area contributed by atoms with E-state index in [-0.39, 0.29) is 12.5 Å². The third kappa shape index (κ3) is 4.33. The number of rotatable bonds is 4. The molecule has 0 saturated carbocycles. The van der Waals surface area contributed by atoms with E-state index in [2.05, 4.69) is 10.3 Å². The summed E-state index contributed by atoms with van der Waals surface area (Å²) < 4.78 is 5.63. The molecule has 0 bridgehead atoms. The van der Waals surface area contributed by atoms with Crippen molar-refractivity contribution in [2.75, 3.05) is 11.9 Å². The zero-order valence-corrected chi connectivity index (χ0v) is 16.4. The number of hydrogen-bond acceptors (Lipinski definition) is 4. The Labute approximate surface area is 170 Å². The van der Waals surface area contributed by atoms with Crippen LogP contribution in [0.25, 0.3) is 6.08 Å². The molecule has 0 atom stereocenters. The summed E-state index contributed by atoms with van der Waals surface area (Å²) in [6.07, 6.45) is 4.31. The van der Waals surface area contributed by atoms with Crippen LogP contribution >= 0.6 is 34.5 Å². The number of hydrogen-bond donors (Lipinski definition) is 1.